The molecule has 26 heavy (non-hydrogen) atoms. The van der Waals surface area contributed by atoms with E-state index in [1.54, 1.807) is 6.26 Å². The smallest absolute Gasteiger partial charge is 0.258 e. The molecule has 1 aliphatic heterocycles. The fraction of sp³-hybridized carbons (Fsp3) is 0.476. The lowest BCUT2D eigenvalue weighted by atomic mass is 10.0. The summed E-state index contributed by atoms with van der Waals surface area (Å²) < 4.78 is 11.2. The van der Waals surface area contributed by atoms with Gasteiger partial charge in [-0.05, 0) is 61.7 Å². The van der Waals surface area contributed by atoms with Crippen LogP contribution >= 0.6 is 0 Å². The van der Waals surface area contributed by atoms with Gasteiger partial charge in [-0.2, -0.15) is 0 Å². The molecule has 2 heterocycles. The molecule has 2 aromatic rings. The lowest BCUT2D eigenvalue weighted by Gasteiger charge is -2.26. The Balaban J connectivity index is 1.49. The average molecular weight is 356 g/mol. The molecule has 140 valence electrons. The molecule has 1 aliphatic rings. The Hall–Kier alpha value is -2.27. The Morgan fingerprint density at radius 2 is 1.92 bits per heavy atom. The van der Waals surface area contributed by atoms with E-state index in [-0.39, 0.29) is 18.6 Å². The number of ether oxygens (including phenoxy) is 1. The summed E-state index contributed by atoms with van der Waals surface area (Å²) in [6.45, 7) is 6.94. The lowest BCUT2D eigenvalue weighted by molar-refractivity contribution is -0.123. The first-order valence-corrected chi connectivity index (χ1v) is 9.40. The summed E-state index contributed by atoms with van der Waals surface area (Å²) in [4.78, 5) is 14.6. The van der Waals surface area contributed by atoms with Gasteiger partial charge in [-0.15, -0.1) is 0 Å². The molecule has 0 unspecified atom stereocenters. The van der Waals surface area contributed by atoms with E-state index < -0.39 is 0 Å². The van der Waals surface area contributed by atoms with Crippen LogP contribution in [0.1, 0.15) is 50.0 Å². The normalized spacial score (nSPS) is 16.0. The SMILES string of the molecule is CC(C)c1ccc(OCC(=O)NC[C@H](c2ccco2)N2CCCC2)cc1. The Morgan fingerprint density at radius 1 is 1.19 bits per heavy atom. The zero-order valence-electron chi connectivity index (χ0n) is 15.6. The molecule has 0 bridgehead atoms. The second-order valence-electron chi connectivity index (χ2n) is 7.09. The Kier molecular flexibility index (Phi) is 6.34. The second-order valence-corrected chi connectivity index (χ2v) is 7.09. The Labute approximate surface area is 155 Å². The van der Waals surface area contributed by atoms with Crippen LogP contribution in [0.2, 0.25) is 0 Å². The highest BCUT2D eigenvalue weighted by Gasteiger charge is 2.25. The van der Waals surface area contributed by atoms with Crippen molar-refractivity contribution in [3.8, 4) is 5.75 Å². The fourth-order valence-corrected chi connectivity index (χ4v) is 3.30. The van der Waals surface area contributed by atoms with Gasteiger partial charge in [0.2, 0.25) is 0 Å². The lowest BCUT2D eigenvalue weighted by Crippen LogP contribution is -2.38. The minimum atomic E-state index is -0.117. The molecule has 0 saturated carbocycles. The number of carbonyl (C=O) groups is 1. The van der Waals surface area contributed by atoms with Crippen LogP contribution in [0.3, 0.4) is 0 Å². The van der Waals surface area contributed by atoms with Crippen LogP contribution in [0.25, 0.3) is 0 Å². The summed E-state index contributed by atoms with van der Waals surface area (Å²) in [5.41, 5.74) is 1.26. The van der Waals surface area contributed by atoms with Crippen molar-refractivity contribution in [3.05, 3.63) is 54.0 Å². The summed E-state index contributed by atoms with van der Waals surface area (Å²) in [5.74, 6) is 1.98. The molecular formula is C21H28N2O3. The summed E-state index contributed by atoms with van der Waals surface area (Å²) in [5, 5.41) is 2.98. The molecule has 1 amide bonds. The van der Waals surface area contributed by atoms with E-state index in [0.717, 1.165) is 18.8 Å². The molecule has 5 heteroatoms. The fourth-order valence-electron chi connectivity index (χ4n) is 3.30. The van der Waals surface area contributed by atoms with Gasteiger partial charge in [0.15, 0.2) is 6.61 Å². The predicted molar refractivity (Wildman–Crippen MR) is 101 cm³/mol. The molecule has 1 aromatic heterocycles. The number of hydrogen-bond donors (Lipinski definition) is 1. The van der Waals surface area contributed by atoms with Gasteiger partial charge in [-0.3, -0.25) is 9.69 Å². The van der Waals surface area contributed by atoms with Gasteiger partial charge in [0.25, 0.3) is 5.91 Å². The van der Waals surface area contributed by atoms with Crippen molar-refractivity contribution in [2.45, 2.75) is 38.6 Å². The minimum absolute atomic E-state index is 0.0197. The molecule has 1 atom stereocenters. The first-order valence-electron chi connectivity index (χ1n) is 9.40. The van der Waals surface area contributed by atoms with Crippen LogP contribution in [0.5, 0.6) is 5.75 Å². The van der Waals surface area contributed by atoms with E-state index >= 15 is 0 Å². The molecule has 1 fully saturated rings. The largest absolute Gasteiger partial charge is 0.484 e. The van der Waals surface area contributed by atoms with Gasteiger partial charge in [-0.1, -0.05) is 26.0 Å². The van der Waals surface area contributed by atoms with Crippen molar-refractivity contribution in [2.75, 3.05) is 26.2 Å². The van der Waals surface area contributed by atoms with E-state index in [2.05, 4.69) is 24.1 Å². The van der Waals surface area contributed by atoms with Gasteiger partial charge < -0.3 is 14.5 Å². The van der Waals surface area contributed by atoms with Crippen LogP contribution in [-0.4, -0.2) is 37.0 Å². The van der Waals surface area contributed by atoms with Crippen LogP contribution in [0.15, 0.2) is 47.1 Å². The third-order valence-corrected chi connectivity index (χ3v) is 4.86. The van der Waals surface area contributed by atoms with E-state index in [4.69, 9.17) is 9.15 Å². The monoisotopic (exact) mass is 356 g/mol. The molecule has 1 aromatic carbocycles. The average Bonchev–Trinajstić information content (AvgIpc) is 3.35. The first-order chi connectivity index (χ1) is 12.6. The van der Waals surface area contributed by atoms with Gasteiger partial charge >= 0.3 is 0 Å². The molecule has 5 nitrogen and oxygen atoms in total. The van der Waals surface area contributed by atoms with Crippen LogP contribution < -0.4 is 10.1 Å². The van der Waals surface area contributed by atoms with E-state index in [1.807, 2.05) is 36.4 Å². The highest BCUT2D eigenvalue weighted by atomic mass is 16.5. The number of furan rings is 1. The number of likely N-dealkylation sites (tertiary alicyclic amines) is 1. The van der Waals surface area contributed by atoms with Crippen molar-refractivity contribution in [3.63, 3.8) is 0 Å². The maximum atomic E-state index is 12.2. The number of benzene rings is 1. The van der Waals surface area contributed by atoms with E-state index in [0.29, 0.717) is 18.2 Å². The number of rotatable bonds is 8. The van der Waals surface area contributed by atoms with Crippen molar-refractivity contribution >= 4 is 5.91 Å². The van der Waals surface area contributed by atoms with Crippen molar-refractivity contribution in [1.29, 1.82) is 0 Å². The van der Waals surface area contributed by atoms with Gasteiger partial charge in [0.1, 0.15) is 11.5 Å². The first kappa shape index (κ1) is 18.5. The van der Waals surface area contributed by atoms with Crippen molar-refractivity contribution < 1.29 is 13.9 Å². The molecule has 1 N–H and O–H groups in total. The third-order valence-electron chi connectivity index (χ3n) is 4.86. The van der Waals surface area contributed by atoms with Crippen molar-refractivity contribution in [1.82, 2.24) is 10.2 Å². The maximum Gasteiger partial charge on any atom is 0.258 e. The number of carbonyl (C=O) groups excluding carboxylic acids is 1. The minimum Gasteiger partial charge on any atom is -0.484 e. The highest BCUT2D eigenvalue weighted by Crippen LogP contribution is 2.25. The van der Waals surface area contributed by atoms with Crippen LogP contribution in [0, 0.1) is 0 Å². The maximum absolute atomic E-state index is 12.2. The summed E-state index contributed by atoms with van der Waals surface area (Å²) in [6, 6.07) is 11.9. The van der Waals surface area contributed by atoms with Crippen molar-refractivity contribution in [2.24, 2.45) is 0 Å². The molecular weight excluding hydrogens is 328 g/mol. The topological polar surface area (TPSA) is 54.7 Å². The van der Waals surface area contributed by atoms with Gasteiger partial charge in [-0.25, -0.2) is 0 Å². The Bertz CT molecular complexity index is 674. The molecule has 1 saturated heterocycles. The Morgan fingerprint density at radius 3 is 2.54 bits per heavy atom. The zero-order valence-corrected chi connectivity index (χ0v) is 15.6. The molecule has 0 spiro atoms. The quantitative estimate of drug-likeness (QED) is 0.783. The predicted octanol–water partition coefficient (Wildman–Crippen LogP) is 3.74. The third kappa shape index (κ3) is 4.88. The number of nitrogens with one attached hydrogen (secondary N) is 1. The molecule has 0 aliphatic carbocycles. The number of amides is 1. The zero-order chi connectivity index (χ0) is 18.4. The van der Waals surface area contributed by atoms with Crippen LogP contribution in [0.4, 0.5) is 0 Å². The summed E-state index contributed by atoms with van der Waals surface area (Å²) in [7, 11) is 0. The highest BCUT2D eigenvalue weighted by molar-refractivity contribution is 5.77. The summed E-state index contributed by atoms with van der Waals surface area (Å²) >= 11 is 0. The summed E-state index contributed by atoms with van der Waals surface area (Å²) in [6.07, 6.45) is 4.07. The second kappa shape index (κ2) is 8.90. The standard InChI is InChI=1S/C21H28N2O3/c1-16(2)17-7-9-18(10-8-17)26-15-21(24)22-14-19(20-6-5-13-25-20)23-11-3-4-12-23/h5-10,13,16,19H,3-4,11-12,14-15H2,1-2H3,(H,22,24)/t19-/m1/s1. The van der Waals surface area contributed by atoms with E-state index in [1.165, 1.54) is 18.4 Å². The number of hydrogen-bond acceptors (Lipinski definition) is 4. The van der Waals surface area contributed by atoms with Gasteiger partial charge in [0.05, 0.1) is 12.3 Å². The molecule has 0 radical (unpaired) electrons. The number of nitrogens with zero attached hydrogens (tertiary/aromatic N) is 1. The molecule has 3 rings (SSSR count). The van der Waals surface area contributed by atoms with Gasteiger partial charge in [0, 0.05) is 6.54 Å². The van der Waals surface area contributed by atoms with E-state index in [9.17, 15) is 4.79 Å². The van der Waals surface area contributed by atoms with Crippen LogP contribution in [-0.2, 0) is 4.79 Å².